The van der Waals surface area contributed by atoms with Crippen molar-refractivity contribution in [2.24, 2.45) is 0 Å². The van der Waals surface area contributed by atoms with E-state index in [0.29, 0.717) is 64.6 Å². The van der Waals surface area contributed by atoms with Gasteiger partial charge in [-0.15, -0.1) is 22.7 Å². The van der Waals surface area contributed by atoms with Gasteiger partial charge in [0.25, 0.3) is 5.91 Å². The third kappa shape index (κ3) is 13.5. The van der Waals surface area contributed by atoms with Crippen LogP contribution in [0.25, 0.3) is 33.5 Å². The van der Waals surface area contributed by atoms with Gasteiger partial charge in [0.1, 0.15) is 40.2 Å². The number of benzene rings is 4. The number of pyridine rings is 2. The molecular formula is C66H58Cl2N10O11S2. The van der Waals surface area contributed by atoms with E-state index in [1.54, 1.807) is 81.2 Å². The van der Waals surface area contributed by atoms with Crippen molar-refractivity contribution in [3.63, 3.8) is 0 Å². The number of imidazole rings is 2. The molecule has 0 spiro atoms. The van der Waals surface area contributed by atoms with Crippen LogP contribution in [0.1, 0.15) is 125 Å². The molecule has 4 aromatic carbocycles. The summed E-state index contributed by atoms with van der Waals surface area (Å²) in [5, 5.41) is 23.7. The Labute approximate surface area is 538 Å². The summed E-state index contributed by atoms with van der Waals surface area (Å²) in [7, 11) is 0. The molecule has 464 valence electrons. The number of alkyl carbamates (subject to hydrolysis) is 2. The second-order valence-electron chi connectivity index (χ2n) is 21.6. The summed E-state index contributed by atoms with van der Waals surface area (Å²) in [5.74, 6) is -2.34. The van der Waals surface area contributed by atoms with Gasteiger partial charge in [-0.2, -0.15) is 0 Å². The summed E-state index contributed by atoms with van der Waals surface area (Å²) in [6.45, 7) is 5.33. The van der Waals surface area contributed by atoms with Gasteiger partial charge in [-0.25, -0.2) is 43.9 Å². The molecule has 0 unspecified atom stereocenters. The molecule has 14 rings (SSSR count). The first-order valence-corrected chi connectivity index (χ1v) is 31.8. The summed E-state index contributed by atoms with van der Waals surface area (Å²) in [4.78, 5) is 93.1. The molecule has 0 saturated carbocycles. The van der Waals surface area contributed by atoms with E-state index in [1.165, 1.54) is 51.1 Å². The monoisotopic (exact) mass is 1300 g/mol. The van der Waals surface area contributed by atoms with Crippen LogP contribution in [0.4, 0.5) is 9.59 Å². The van der Waals surface area contributed by atoms with E-state index in [0.717, 1.165) is 27.3 Å². The van der Waals surface area contributed by atoms with Gasteiger partial charge in [0.15, 0.2) is 17.1 Å². The predicted octanol–water partition coefficient (Wildman–Crippen LogP) is 12.1. The number of nitrogens with one attached hydrogen (secondary N) is 3. The first kappa shape index (κ1) is 61.7. The lowest BCUT2D eigenvalue weighted by Gasteiger charge is -2.22. The van der Waals surface area contributed by atoms with E-state index in [9.17, 15) is 28.8 Å². The Morgan fingerprint density at radius 3 is 1.49 bits per heavy atom. The number of amides is 3. The quantitative estimate of drug-likeness (QED) is 0.0583. The highest BCUT2D eigenvalue weighted by molar-refractivity contribution is 7.10. The SMILES string of the molecule is CCOC(=O)c1csc([C@@H]2C[C@@H](NC(=O)OCC3c4ccccc4-c4ccccc43)CN2)n1.CCOC(=O)c1csc([C@@H]2C[C@@H](NC(=O)OCC3c4ccccc4-c4ccccc43)CN2C(=O)c2cn3cc(Cl)ccc3n2)n1.O=C(O)c1cn2cc(Cl)ccc2n1. The van der Waals surface area contributed by atoms with Crippen LogP contribution in [0, 0.1) is 0 Å². The number of carboxylic acid groups (broad SMARTS) is 1. The van der Waals surface area contributed by atoms with E-state index in [-0.39, 0.29) is 66.7 Å². The lowest BCUT2D eigenvalue weighted by molar-refractivity contribution is 0.0510. The lowest BCUT2D eigenvalue weighted by atomic mass is 9.98. The summed E-state index contributed by atoms with van der Waals surface area (Å²) < 4.78 is 24.8. The molecule has 4 atom stereocenters. The number of hydrogen-bond acceptors (Lipinski definition) is 17. The van der Waals surface area contributed by atoms with Crippen molar-refractivity contribution in [1.29, 1.82) is 0 Å². The summed E-state index contributed by atoms with van der Waals surface area (Å²) in [6, 6.07) is 38.6. The number of carbonyl (C=O) groups excluding carboxylic acids is 5. The number of halogens is 2. The molecule has 6 aromatic heterocycles. The second-order valence-corrected chi connectivity index (χ2v) is 24.3. The third-order valence-electron chi connectivity index (χ3n) is 15.9. The van der Waals surface area contributed by atoms with Crippen LogP contribution in [0.15, 0.2) is 157 Å². The Kier molecular flexibility index (Phi) is 18.5. The molecular weight excluding hydrogens is 1240 g/mol. The predicted molar refractivity (Wildman–Crippen MR) is 341 cm³/mol. The molecule has 91 heavy (non-hydrogen) atoms. The fourth-order valence-electron chi connectivity index (χ4n) is 11.8. The molecule has 2 saturated heterocycles. The standard InChI is InChI=1S/C33H28ClN5O5S.C25H25N3O4S.C8H5ClN2O2/c1-2-43-32(41)27-18-45-30(37-27)28-13-20(15-39(28)31(40)26-16-38-14-19(34)11-12-29(38)36-26)35-33(42)44-17-25-23-9-5-3-7-21(23)22-8-4-6-10-24(22)25;1-2-31-24(29)22-14-33-23(28-22)21-11-15(12-26-21)27-25(30)32-13-20-18-9-5-3-7-16(18)17-8-4-6-10-19(17)20;9-5-1-2-7-10-6(8(12)13)4-11(7)3-5/h3-12,14,16,18,20,25,28H,2,13,15,17H2,1H3,(H,35,42);3-10,14-15,20-21,26H,2,11-13H2,1H3,(H,27,30);1-4H,(H,12,13)/t20-,28+;15-,21+;/m11./s1. The third-order valence-corrected chi connectivity index (χ3v) is 18.2. The van der Waals surface area contributed by atoms with Crippen molar-refractivity contribution in [2.45, 2.75) is 62.7 Å². The Morgan fingerprint density at radius 2 is 1.00 bits per heavy atom. The molecule has 4 N–H and O–H groups in total. The maximum atomic E-state index is 13.9. The zero-order chi connectivity index (χ0) is 63.3. The first-order chi connectivity index (χ1) is 44.2. The van der Waals surface area contributed by atoms with Gasteiger partial charge in [-0.3, -0.25) is 4.79 Å². The largest absolute Gasteiger partial charge is 0.476 e. The number of thiazole rings is 2. The Hall–Kier alpha value is -9.52. The van der Waals surface area contributed by atoms with Gasteiger partial charge >= 0.3 is 30.1 Å². The molecule has 0 radical (unpaired) electrons. The highest BCUT2D eigenvalue weighted by Gasteiger charge is 2.41. The fraction of sp³-hybridized carbons (Fsp3) is 0.242. The molecule has 0 bridgehead atoms. The van der Waals surface area contributed by atoms with Crippen molar-refractivity contribution in [3.8, 4) is 22.3 Å². The average Bonchev–Trinajstić information content (AvgIpc) is 1.65. The van der Waals surface area contributed by atoms with Crippen LogP contribution in [-0.4, -0.2) is 126 Å². The van der Waals surface area contributed by atoms with Crippen molar-refractivity contribution < 1.29 is 52.8 Å². The van der Waals surface area contributed by atoms with Gasteiger partial charge < -0.3 is 53.7 Å². The number of aromatic carboxylic acids is 1. The molecule has 2 fully saturated rings. The van der Waals surface area contributed by atoms with Crippen LogP contribution in [0.5, 0.6) is 0 Å². The van der Waals surface area contributed by atoms with Crippen molar-refractivity contribution in [2.75, 3.05) is 39.5 Å². The normalized spacial score (nSPS) is 16.9. The molecule has 4 aliphatic rings. The number of aromatic nitrogens is 6. The summed E-state index contributed by atoms with van der Waals surface area (Å²) >= 11 is 14.5. The first-order valence-electron chi connectivity index (χ1n) is 29.2. The van der Waals surface area contributed by atoms with Crippen molar-refractivity contribution in [1.82, 2.24) is 49.6 Å². The molecule has 10 aromatic rings. The number of carboxylic acids is 1. The van der Waals surface area contributed by atoms with Gasteiger partial charge in [0, 0.05) is 66.5 Å². The average molecular weight is 1300 g/mol. The Balaban J connectivity index is 0.000000151. The number of rotatable bonds is 14. The molecule has 3 amide bonds. The van der Waals surface area contributed by atoms with E-state index in [4.69, 9.17) is 47.3 Å². The minimum atomic E-state index is -1.04. The number of carbonyl (C=O) groups is 6. The minimum absolute atomic E-state index is 0.0160. The second kappa shape index (κ2) is 27.3. The molecule has 21 nitrogen and oxygen atoms in total. The summed E-state index contributed by atoms with van der Waals surface area (Å²) in [5.41, 5.74) is 11.2. The summed E-state index contributed by atoms with van der Waals surface area (Å²) in [6.07, 6.45) is 6.40. The van der Waals surface area contributed by atoms with E-state index in [2.05, 4.69) is 84.4 Å². The van der Waals surface area contributed by atoms with Crippen LogP contribution >= 0.6 is 45.9 Å². The van der Waals surface area contributed by atoms with Crippen LogP contribution in [0.2, 0.25) is 10.0 Å². The van der Waals surface area contributed by atoms with Gasteiger partial charge in [-0.1, -0.05) is 120 Å². The zero-order valence-corrected chi connectivity index (χ0v) is 52.0. The number of nitrogens with zero attached hydrogens (tertiary/aromatic N) is 7. The van der Waals surface area contributed by atoms with Crippen LogP contribution < -0.4 is 16.0 Å². The van der Waals surface area contributed by atoms with Gasteiger partial charge in [0.2, 0.25) is 0 Å². The van der Waals surface area contributed by atoms with Crippen molar-refractivity contribution >= 4 is 93.2 Å². The van der Waals surface area contributed by atoms with Crippen molar-refractivity contribution in [3.05, 3.63) is 222 Å². The zero-order valence-electron chi connectivity index (χ0n) is 48.9. The lowest BCUT2D eigenvalue weighted by Crippen LogP contribution is -2.39. The molecule has 25 heteroatoms. The number of likely N-dealkylation sites (tertiary alicyclic amines) is 1. The van der Waals surface area contributed by atoms with Gasteiger partial charge in [0.05, 0.1) is 41.4 Å². The topological polar surface area (TPSA) is 259 Å². The van der Waals surface area contributed by atoms with E-state index in [1.807, 2.05) is 48.5 Å². The number of fused-ring (bicyclic) bond motifs is 8. The Morgan fingerprint density at radius 1 is 0.549 bits per heavy atom. The fourth-order valence-corrected chi connectivity index (χ4v) is 13.9. The van der Waals surface area contributed by atoms with Gasteiger partial charge in [-0.05, 0) is 95.5 Å². The number of ether oxygens (including phenoxy) is 4. The van der Waals surface area contributed by atoms with Crippen LogP contribution in [-0.2, 0) is 18.9 Å². The minimum Gasteiger partial charge on any atom is -0.476 e. The molecule has 2 aliphatic carbocycles. The smallest absolute Gasteiger partial charge is 0.407 e. The molecule has 8 heterocycles. The highest BCUT2D eigenvalue weighted by atomic mass is 35.5. The molecule has 2 aliphatic heterocycles. The van der Waals surface area contributed by atoms with E-state index >= 15 is 0 Å². The number of hydrogen-bond donors (Lipinski definition) is 4. The number of esters is 2. The maximum Gasteiger partial charge on any atom is 0.407 e. The highest BCUT2D eigenvalue weighted by Crippen LogP contribution is 2.46. The Bertz CT molecular complexity index is 4310. The van der Waals surface area contributed by atoms with E-state index < -0.39 is 42.2 Å². The maximum absolute atomic E-state index is 13.9. The van der Waals surface area contributed by atoms with Crippen LogP contribution in [0.3, 0.4) is 0 Å².